The third-order valence-corrected chi connectivity index (χ3v) is 11.9. The molecule has 1 saturated carbocycles. The number of hydrogen-bond donors (Lipinski definition) is 2. The lowest BCUT2D eigenvalue weighted by Gasteiger charge is -2.48. The van der Waals surface area contributed by atoms with Gasteiger partial charge in [0.15, 0.2) is 0 Å². The van der Waals surface area contributed by atoms with Gasteiger partial charge < -0.3 is 19.6 Å². The molecule has 1 amide bonds. The average Bonchev–Trinajstić information content (AvgIpc) is 2.77. The standard InChI is InChI=1S/C29H41NO5Si/c1-28(2,3)34-27(33)30-24-19-21(20-26(31)32)17-18-25(24)35-36(29(4,5)6,22-13-9-7-10-14-22)23-15-11-8-12-16-23/h7-16,21,24-25H,17-20H2,1-6H3,(H,30,33)(H,31,32)/t21-,24+,25+/m0/s1. The number of rotatable bonds is 7. The maximum absolute atomic E-state index is 12.8. The Hall–Kier alpha value is -2.64. The first-order valence-corrected chi connectivity index (χ1v) is 14.7. The van der Waals surface area contributed by atoms with Crippen LogP contribution in [0.1, 0.15) is 67.2 Å². The van der Waals surface area contributed by atoms with E-state index in [-0.39, 0.29) is 29.5 Å². The predicted octanol–water partition coefficient (Wildman–Crippen LogP) is 5.10. The van der Waals surface area contributed by atoms with Crippen molar-refractivity contribution in [1.82, 2.24) is 5.32 Å². The van der Waals surface area contributed by atoms with Gasteiger partial charge >= 0.3 is 12.1 Å². The molecule has 0 radical (unpaired) electrons. The number of hydrogen-bond acceptors (Lipinski definition) is 4. The summed E-state index contributed by atoms with van der Waals surface area (Å²) < 4.78 is 12.9. The van der Waals surface area contributed by atoms with Gasteiger partial charge in [0.2, 0.25) is 0 Å². The Morgan fingerprint density at radius 2 is 1.44 bits per heavy atom. The number of carboxylic acids is 1. The molecule has 1 aliphatic carbocycles. The Morgan fingerprint density at radius 1 is 0.917 bits per heavy atom. The maximum Gasteiger partial charge on any atom is 0.407 e. The monoisotopic (exact) mass is 511 g/mol. The molecule has 0 unspecified atom stereocenters. The van der Waals surface area contributed by atoms with Crippen molar-refractivity contribution in [2.75, 3.05) is 0 Å². The number of alkyl carbamates (subject to hydrolysis) is 1. The molecule has 7 heteroatoms. The molecule has 36 heavy (non-hydrogen) atoms. The van der Waals surface area contributed by atoms with Crippen LogP contribution in [0.25, 0.3) is 0 Å². The summed E-state index contributed by atoms with van der Waals surface area (Å²) in [5.74, 6) is -0.844. The SMILES string of the molecule is CC(C)(C)OC(=O)N[C@@H]1C[C@@H](CC(=O)O)CC[C@H]1O[Si](c1ccccc1)(c1ccccc1)C(C)(C)C. The number of carbonyl (C=O) groups is 2. The predicted molar refractivity (Wildman–Crippen MR) is 145 cm³/mol. The van der Waals surface area contributed by atoms with Gasteiger partial charge in [-0.15, -0.1) is 0 Å². The summed E-state index contributed by atoms with van der Waals surface area (Å²) in [5, 5.41) is 14.6. The molecule has 6 nitrogen and oxygen atoms in total. The van der Waals surface area contributed by atoms with Crippen molar-refractivity contribution < 1.29 is 23.9 Å². The number of ether oxygens (including phenoxy) is 1. The highest BCUT2D eigenvalue weighted by molar-refractivity contribution is 6.99. The van der Waals surface area contributed by atoms with Gasteiger partial charge in [0.25, 0.3) is 8.32 Å². The number of aliphatic carboxylic acids is 1. The normalized spacial score (nSPS) is 21.0. The quantitative estimate of drug-likeness (QED) is 0.505. The van der Waals surface area contributed by atoms with E-state index in [4.69, 9.17) is 9.16 Å². The Bertz CT molecular complexity index is 974. The molecule has 1 aliphatic rings. The lowest BCUT2D eigenvalue weighted by Crippen LogP contribution is -2.69. The fourth-order valence-electron chi connectivity index (χ4n) is 5.33. The van der Waals surface area contributed by atoms with Crippen LogP contribution in [0.3, 0.4) is 0 Å². The van der Waals surface area contributed by atoms with E-state index < -0.39 is 26.0 Å². The highest BCUT2D eigenvalue weighted by atomic mass is 28.4. The van der Waals surface area contributed by atoms with Gasteiger partial charge in [-0.2, -0.15) is 0 Å². The van der Waals surface area contributed by atoms with Gasteiger partial charge in [-0.1, -0.05) is 81.4 Å². The summed E-state index contributed by atoms with van der Waals surface area (Å²) in [6.07, 6.45) is 1.26. The molecule has 0 aromatic heterocycles. The second-order valence-corrected chi connectivity index (χ2v) is 16.1. The Balaban J connectivity index is 2.03. The largest absolute Gasteiger partial charge is 0.481 e. The maximum atomic E-state index is 12.8. The molecule has 1 fully saturated rings. The molecule has 3 atom stereocenters. The van der Waals surface area contributed by atoms with Crippen LogP contribution in [-0.4, -0.2) is 43.2 Å². The van der Waals surface area contributed by atoms with Crippen LogP contribution in [0.2, 0.25) is 5.04 Å². The second-order valence-electron chi connectivity index (χ2n) is 11.8. The van der Waals surface area contributed by atoms with Crippen LogP contribution in [-0.2, 0) is 14.0 Å². The molecular weight excluding hydrogens is 470 g/mol. The van der Waals surface area contributed by atoms with E-state index in [1.165, 1.54) is 10.4 Å². The smallest absolute Gasteiger partial charge is 0.407 e. The first-order valence-electron chi connectivity index (χ1n) is 12.8. The van der Waals surface area contributed by atoms with Crippen molar-refractivity contribution in [2.24, 2.45) is 5.92 Å². The Kier molecular flexibility index (Phi) is 8.67. The number of benzene rings is 2. The van der Waals surface area contributed by atoms with Gasteiger partial charge in [0.05, 0.1) is 12.1 Å². The van der Waals surface area contributed by atoms with E-state index in [0.717, 1.165) is 6.42 Å². The molecule has 0 spiro atoms. The molecule has 196 valence electrons. The zero-order valence-corrected chi connectivity index (χ0v) is 23.4. The van der Waals surface area contributed by atoms with Crippen LogP contribution in [0, 0.1) is 5.92 Å². The van der Waals surface area contributed by atoms with E-state index in [1.807, 2.05) is 32.9 Å². The molecular formula is C29H41NO5Si. The number of nitrogens with one attached hydrogen (secondary N) is 1. The van der Waals surface area contributed by atoms with Crippen molar-refractivity contribution in [3.63, 3.8) is 0 Å². The Morgan fingerprint density at radius 3 is 1.89 bits per heavy atom. The first-order chi connectivity index (χ1) is 16.8. The van der Waals surface area contributed by atoms with Gasteiger partial charge in [0, 0.05) is 6.42 Å². The summed E-state index contributed by atoms with van der Waals surface area (Å²) in [4.78, 5) is 24.3. The third kappa shape index (κ3) is 6.76. The summed E-state index contributed by atoms with van der Waals surface area (Å²) >= 11 is 0. The topological polar surface area (TPSA) is 84.9 Å². The molecule has 0 heterocycles. The number of carboxylic acid groups (broad SMARTS) is 1. The van der Waals surface area contributed by atoms with Gasteiger partial charge in [-0.3, -0.25) is 4.79 Å². The minimum absolute atomic E-state index is 0.0264. The summed E-state index contributed by atoms with van der Waals surface area (Å²) in [6.45, 7) is 12.2. The zero-order chi connectivity index (χ0) is 26.6. The first kappa shape index (κ1) is 27.9. The molecule has 2 aromatic rings. The zero-order valence-electron chi connectivity index (χ0n) is 22.4. The Labute approximate surface area is 216 Å². The number of carbonyl (C=O) groups excluding carboxylic acids is 1. The van der Waals surface area contributed by atoms with Gasteiger partial charge in [0.1, 0.15) is 5.60 Å². The molecule has 0 bridgehead atoms. The van der Waals surface area contributed by atoms with Crippen molar-refractivity contribution in [3.05, 3.63) is 60.7 Å². The summed E-state index contributed by atoms with van der Waals surface area (Å²) in [6, 6.07) is 20.5. The van der Waals surface area contributed by atoms with E-state index in [1.54, 1.807) is 0 Å². The van der Waals surface area contributed by atoms with Gasteiger partial charge in [-0.25, -0.2) is 4.79 Å². The second kappa shape index (κ2) is 11.2. The minimum atomic E-state index is -2.84. The fraction of sp³-hybridized carbons (Fsp3) is 0.517. The molecule has 0 aliphatic heterocycles. The van der Waals surface area contributed by atoms with Crippen LogP contribution >= 0.6 is 0 Å². The van der Waals surface area contributed by atoms with Crippen molar-refractivity contribution in [1.29, 1.82) is 0 Å². The number of amides is 1. The van der Waals surface area contributed by atoms with Crippen LogP contribution in [0.15, 0.2) is 60.7 Å². The molecule has 2 aromatic carbocycles. The lowest BCUT2D eigenvalue weighted by atomic mass is 9.82. The van der Waals surface area contributed by atoms with Crippen molar-refractivity contribution in [3.8, 4) is 0 Å². The third-order valence-electron chi connectivity index (χ3n) is 6.81. The van der Waals surface area contributed by atoms with E-state index >= 15 is 0 Å². The lowest BCUT2D eigenvalue weighted by molar-refractivity contribution is -0.138. The highest BCUT2D eigenvalue weighted by Crippen LogP contribution is 2.40. The van der Waals surface area contributed by atoms with Gasteiger partial charge in [-0.05, 0) is 61.4 Å². The van der Waals surface area contributed by atoms with Crippen LogP contribution in [0.4, 0.5) is 4.79 Å². The minimum Gasteiger partial charge on any atom is -0.481 e. The summed E-state index contributed by atoms with van der Waals surface area (Å²) in [5.41, 5.74) is -0.631. The molecule has 3 rings (SSSR count). The van der Waals surface area contributed by atoms with E-state index in [2.05, 4.69) is 74.6 Å². The van der Waals surface area contributed by atoms with Crippen molar-refractivity contribution in [2.45, 2.75) is 90.0 Å². The van der Waals surface area contributed by atoms with E-state index in [9.17, 15) is 14.7 Å². The van der Waals surface area contributed by atoms with Crippen molar-refractivity contribution >= 4 is 30.8 Å². The molecule has 2 N–H and O–H groups in total. The van der Waals surface area contributed by atoms with Crippen LogP contribution in [0.5, 0.6) is 0 Å². The highest BCUT2D eigenvalue weighted by Gasteiger charge is 2.53. The van der Waals surface area contributed by atoms with E-state index in [0.29, 0.717) is 12.8 Å². The molecule has 0 saturated heterocycles. The summed E-state index contributed by atoms with van der Waals surface area (Å²) in [7, 11) is -2.84. The van der Waals surface area contributed by atoms with Crippen LogP contribution < -0.4 is 15.7 Å². The fourth-order valence-corrected chi connectivity index (χ4v) is 10.1. The average molecular weight is 512 g/mol.